The Kier molecular flexibility index (Phi) is 7.64. The molecule has 2 aromatic rings. The van der Waals surface area contributed by atoms with Crippen LogP contribution in [0.5, 0.6) is 0 Å². The molecular formula is C22H32N6O3. The highest BCUT2D eigenvalue weighted by molar-refractivity contribution is 5.95. The Hall–Kier alpha value is -2.91. The Morgan fingerprint density at radius 3 is 2.55 bits per heavy atom. The topological polar surface area (TPSA) is 101 Å². The first-order valence-corrected chi connectivity index (χ1v) is 10.7. The van der Waals surface area contributed by atoms with E-state index in [9.17, 15) is 9.59 Å². The van der Waals surface area contributed by atoms with Crippen molar-refractivity contribution in [1.82, 2.24) is 20.0 Å². The molecule has 168 valence electrons. The van der Waals surface area contributed by atoms with Crippen LogP contribution in [-0.4, -0.2) is 65.0 Å². The van der Waals surface area contributed by atoms with Gasteiger partial charge in [-0.3, -0.25) is 14.4 Å². The van der Waals surface area contributed by atoms with Gasteiger partial charge in [-0.2, -0.15) is 5.10 Å². The van der Waals surface area contributed by atoms with Crippen molar-refractivity contribution in [2.45, 2.75) is 38.8 Å². The van der Waals surface area contributed by atoms with Crippen LogP contribution in [0.1, 0.15) is 33.2 Å². The van der Waals surface area contributed by atoms with Crippen LogP contribution in [0.4, 0.5) is 16.2 Å². The average Bonchev–Trinajstić information content (AvgIpc) is 3.33. The van der Waals surface area contributed by atoms with E-state index in [1.54, 1.807) is 54.3 Å². The minimum Gasteiger partial charge on any atom is -0.379 e. The Balaban J connectivity index is 1.53. The van der Waals surface area contributed by atoms with Crippen LogP contribution in [0.25, 0.3) is 0 Å². The Labute approximate surface area is 183 Å². The molecule has 9 nitrogen and oxygen atoms in total. The van der Waals surface area contributed by atoms with Crippen LogP contribution in [0, 0.1) is 0 Å². The van der Waals surface area contributed by atoms with Gasteiger partial charge in [-0.1, -0.05) is 13.0 Å². The highest BCUT2D eigenvalue weighted by Gasteiger charge is 2.31. The number of morpholine rings is 1. The van der Waals surface area contributed by atoms with Gasteiger partial charge in [0.25, 0.3) is 0 Å². The van der Waals surface area contributed by atoms with Gasteiger partial charge in [0.1, 0.15) is 6.04 Å². The van der Waals surface area contributed by atoms with E-state index in [0.717, 1.165) is 32.7 Å². The van der Waals surface area contributed by atoms with Crippen molar-refractivity contribution in [3.8, 4) is 0 Å². The third-order valence-corrected chi connectivity index (χ3v) is 5.86. The molecule has 1 fully saturated rings. The summed E-state index contributed by atoms with van der Waals surface area (Å²) in [6.07, 6.45) is 4.30. The average molecular weight is 429 g/mol. The molecule has 9 heteroatoms. The lowest BCUT2D eigenvalue weighted by molar-refractivity contribution is -0.119. The van der Waals surface area contributed by atoms with Gasteiger partial charge in [-0.05, 0) is 44.5 Å². The Morgan fingerprint density at radius 1 is 1.19 bits per heavy atom. The van der Waals surface area contributed by atoms with Crippen LogP contribution in [0.15, 0.2) is 42.7 Å². The van der Waals surface area contributed by atoms with Gasteiger partial charge < -0.3 is 20.7 Å². The molecule has 1 saturated heterocycles. The summed E-state index contributed by atoms with van der Waals surface area (Å²) in [6, 6.07) is 8.14. The largest absolute Gasteiger partial charge is 0.379 e. The summed E-state index contributed by atoms with van der Waals surface area (Å²) < 4.78 is 7.03. The van der Waals surface area contributed by atoms with Gasteiger partial charge in [0.05, 0.1) is 13.2 Å². The molecule has 0 unspecified atom stereocenters. The van der Waals surface area contributed by atoms with Crippen molar-refractivity contribution in [3.05, 3.63) is 42.7 Å². The molecule has 3 N–H and O–H groups in total. The first-order valence-electron chi connectivity index (χ1n) is 10.7. The summed E-state index contributed by atoms with van der Waals surface area (Å²) in [5.41, 5.74) is 1.08. The van der Waals surface area contributed by atoms with E-state index < -0.39 is 6.04 Å². The number of hydrogen-bond acceptors (Lipinski definition) is 5. The van der Waals surface area contributed by atoms with Gasteiger partial charge in [0, 0.05) is 48.9 Å². The maximum Gasteiger partial charge on any atom is 0.319 e. The van der Waals surface area contributed by atoms with Crippen LogP contribution < -0.4 is 16.0 Å². The Bertz CT molecular complexity index is 866. The molecule has 1 aromatic heterocycles. The zero-order chi connectivity index (χ0) is 22.3. The van der Waals surface area contributed by atoms with E-state index >= 15 is 0 Å². The maximum atomic E-state index is 12.5. The summed E-state index contributed by atoms with van der Waals surface area (Å²) in [7, 11) is 0. The molecule has 3 rings (SSSR count). The van der Waals surface area contributed by atoms with E-state index in [1.807, 2.05) is 0 Å². The van der Waals surface area contributed by atoms with Crippen LogP contribution in [-0.2, 0) is 9.53 Å². The lowest BCUT2D eigenvalue weighted by Gasteiger charge is -2.43. The normalized spacial score (nSPS) is 17.4. The SMILES string of the molecule is CC[C@](C)(CNC(=O)Nc1cccc(NC(=O)[C@@H](C)n2cccn2)c1)N1CCOCC1. The summed E-state index contributed by atoms with van der Waals surface area (Å²) in [5.74, 6) is -0.186. The second kappa shape index (κ2) is 10.4. The molecule has 31 heavy (non-hydrogen) atoms. The summed E-state index contributed by atoms with van der Waals surface area (Å²) in [4.78, 5) is 27.3. The number of carbonyl (C=O) groups excluding carboxylic acids is 2. The number of carbonyl (C=O) groups is 2. The van der Waals surface area contributed by atoms with Gasteiger partial charge in [-0.25, -0.2) is 4.79 Å². The molecule has 2 atom stereocenters. The maximum absolute atomic E-state index is 12.5. The van der Waals surface area contributed by atoms with E-state index in [-0.39, 0.29) is 17.5 Å². The fraction of sp³-hybridized carbons (Fsp3) is 0.500. The third-order valence-electron chi connectivity index (χ3n) is 5.86. The molecule has 2 heterocycles. The molecule has 1 aliphatic rings. The van der Waals surface area contributed by atoms with Crippen molar-refractivity contribution in [3.63, 3.8) is 0 Å². The predicted octanol–water partition coefficient (Wildman–Crippen LogP) is 2.71. The number of nitrogens with zero attached hydrogens (tertiary/aromatic N) is 3. The van der Waals surface area contributed by atoms with Gasteiger partial charge in [0.2, 0.25) is 5.91 Å². The molecular weight excluding hydrogens is 396 g/mol. The fourth-order valence-corrected chi connectivity index (χ4v) is 3.56. The number of aromatic nitrogens is 2. The summed E-state index contributed by atoms with van der Waals surface area (Å²) in [6.45, 7) is 9.78. The minimum absolute atomic E-state index is 0.125. The zero-order valence-corrected chi connectivity index (χ0v) is 18.4. The monoisotopic (exact) mass is 428 g/mol. The van der Waals surface area contributed by atoms with E-state index in [4.69, 9.17) is 4.74 Å². The predicted molar refractivity (Wildman–Crippen MR) is 120 cm³/mol. The van der Waals surface area contributed by atoms with Crippen LogP contribution >= 0.6 is 0 Å². The highest BCUT2D eigenvalue weighted by Crippen LogP contribution is 2.20. The van der Waals surface area contributed by atoms with E-state index in [1.165, 1.54) is 0 Å². The number of urea groups is 1. The van der Waals surface area contributed by atoms with E-state index in [2.05, 4.69) is 39.8 Å². The number of rotatable bonds is 8. The smallest absolute Gasteiger partial charge is 0.319 e. The number of nitrogens with one attached hydrogen (secondary N) is 3. The molecule has 0 radical (unpaired) electrons. The summed E-state index contributed by atoms with van der Waals surface area (Å²) >= 11 is 0. The molecule has 1 aromatic carbocycles. The summed E-state index contributed by atoms with van der Waals surface area (Å²) in [5, 5.41) is 12.8. The second-order valence-electron chi connectivity index (χ2n) is 7.99. The van der Waals surface area contributed by atoms with Crippen molar-refractivity contribution in [1.29, 1.82) is 0 Å². The van der Waals surface area contributed by atoms with Crippen molar-refractivity contribution in [2.75, 3.05) is 43.5 Å². The molecule has 1 aliphatic heterocycles. The van der Waals surface area contributed by atoms with Gasteiger partial charge in [0.15, 0.2) is 0 Å². The molecule has 0 aliphatic carbocycles. The lowest BCUT2D eigenvalue weighted by Crippen LogP contribution is -2.57. The minimum atomic E-state index is -0.443. The Morgan fingerprint density at radius 2 is 1.90 bits per heavy atom. The first kappa shape index (κ1) is 22.8. The van der Waals surface area contributed by atoms with E-state index in [0.29, 0.717) is 17.9 Å². The van der Waals surface area contributed by atoms with Crippen molar-refractivity contribution < 1.29 is 14.3 Å². The molecule has 0 spiro atoms. The third kappa shape index (κ3) is 6.05. The van der Waals surface area contributed by atoms with Crippen LogP contribution in [0.3, 0.4) is 0 Å². The zero-order valence-electron chi connectivity index (χ0n) is 18.4. The van der Waals surface area contributed by atoms with Gasteiger partial charge >= 0.3 is 6.03 Å². The molecule has 0 saturated carbocycles. The number of anilines is 2. The van der Waals surface area contributed by atoms with Crippen LogP contribution in [0.2, 0.25) is 0 Å². The number of amides is 3. The number of hydrogen-bond donors (Lipinski definition) is 3. The number of ether oxygens (including phenoxy) is 1. The second-order valence-corrected chi connectivity index (χ2v) is 7.99. The van der Waals surface area contributed by atoms with Gasteiger partial charge in [-0.15, -0.1) is 0 Å². The molecule has 0 bridgehead atoms. The molecule has 3 amide bonds. The number of benzene rings is 1. The van der Waals surface area contributed by atoms with Crippen molar-refractivity contribution in [2.24, 2.45) is 0 Å². The van der Waals surface area contributed by atoms with Crippen molar-refractivity contribution >= 4 is 23.3 Å². The standard InChI is InChI=1S/C22H32N6O3/c1-4-22(3,27-11-13-31-14-12-27)16-23-21(30)26-19-8-5-7-18(15-19)25-20(29)17(2)28-10-6-9-24-28/h5-10,15,17H,4,11-14,16H2,1-3H3,(H,25,29)(H2,23,26,30)/t17-,22-/m1/s1. The first-order chi connectivity index (χ1) is 14.9. The highest BCUT2D eigenvalue weighted by atomic mass is 16.5. The lowest BCUT2D eigenvalue weighted by atomic mass is 9.95. The quantitative estimate of drug-likeness (QED) is 0.600. The fourth-order valence-electron chi connectivity index (χ4n) is 3.56.